The minimum absolute atomic E-state index is 0.134. The van der Waals surface area contributed by atoms with Crippen molar-refractivity contribution in [1.29, 1.82) is 0 Å². The second kappa shape index (κ2) is 9.74. The van der Waals surface area contributed by atoms with Crippen molar-refractivity contribution < 1.29 is 23.5 Å². The molecule has 0 saturated carbocycles. The number of aromatic carboxylic acids is 1. The third kappa shape index (κ3) is 4.56. The zero-order valence-electron chi connectivity index (χ0n) is 19.2. The smallest absolute Gasteiger partial charge is 0.341 e. The standard InChI is InChI=1S/C23H24F2N6O4/c1-3-29-11-15(23(34)35)21(32)14-8-16(24)20(18(25)19(14)29)30-6-7-31(13(2)10-30)12-28-22(33)17-9-26-4-5-27-17/h4-5,8-9,11,13H,3,6-7,10,12H2,1-2H3,(H,28,33)(H,34,35). The van der Waals surface area contributed by atoms with Gasteiger partial charge in [0.25, 0.3) is 5.91 Å². The zero-order valence-corrected chi connectivity index (χ0v) is 19.2. The lowest BCUT2D eigenvalue weighted by atomic mass is 10.1. The molecule has 1 fully saturated rings. The number of rotatable bonds is 6. The summed E-state index contributed by atoms with van der Waals surface area (Å²) in [6, 6.07) is 0.746. The maximum absolute atomic E-state index is 15.7. The highest BCUT2D eigenvalue weighted by Crippen LogP contribution is 2.31. The lowest BCUT2D eigenvalue weighted by molar-refractivity contribution is 0.0694. The molecule has 0 radical (unpaired) electrons. The summed E-state index contributed by atoms with van der Waals surface area (Å²) in [7, 11) is 0. The number of benzene rings is 1. The van der Waals surface area contributed by atoms with Crippen molar-refractivity contribution in [3.63, 3.8) is 0 Å². The van der Waals surface area contributed by atoms with Crippen LogP contribution in [0.1, 0.15) is 34.7 Å². The molecule has 184 valence electrons. The molecule has 1 unspecified atom stereocenters. The first-order chi connectivity index (χ1) is 16.7. The Labute approximate surface area is 198 Å². The summed E-state index contributed by atoms with van der Waals surface area (Å²) in [5.74, 6) is -3.68. The van der Waals surface area contributed by atoms with Crippen LogP contribution in [0.15, 0.2) is 35.6 Å². The topological polar surface area (TPSA) is 121 Å². The Morgan fingerprint density at radius 2 is 2.03 bits per heavy atom. The van der Waals surface area contributed by atoms with Crippen LogP contribution in [0.2, 0.25) is 0 Å². The Balaban J connectivity index is 1.57. The minimum Gasteiger partial charge on any atom is -0.477 e. The van der Waals surface area contributed by atoms with Gasteiger partial charge in [-0.2, -0.15) is 0 Å². The third-order valence-corrected chi connectivity index (χ3v) is 6.12. The molecule has 0 bridgehead atoms. The van der Waals surface area contributed by atoms with E-state index >= 15 is 8.78 Å². The van der Waals surface area contributed by atoms with Crippen molar-refractivity contribution in [1.82, 2.24) is 24.8 Å². The van der Waals surface area contributed by atoms with Crippen molar-refractivity contribution in [3.05, 3.63) is 64.0 Å². The number of aromatic nitrogens is 3. The Morgan fingerprint density at radius 1 is 1.26 bits per heavy atom. The highest BCUT2D eigenvalue weighted by molar-refractivity contribution is 5.94. The van der Waals surface area contributed by atoms with Gasteiger partial charge >= 0.3 is 5.97 Å². The Hall–Kier alpha value is -3.93. The number of halogens is 2. The number of carbonyl (C=O) groups excluding carboxylic acids is 1. The first-order valence-electron chi connectivity index (χ1n) is 11.0. The summed E-state index contributed by atoms with van der Waals surface area (Å²) in [6.07, 6.45) is 5.33. The first-order valence-corrected chi connectivity index (χ1v) is 11.0. The molecule has 3 heterocycles. The van der Waals surface area contributed by atoms with E-state index in [0.717, 1.165) is 12.3 Å². The highest BCUT2D eigenvalue weighted by Gasteiger charge is 2.30. The van der Waals surface area contributed by atoms with Crippen molar-refractivity contribution in [2.24, 2.45) is 0 Å². The van der Waals surface area contributed by atoms with Crippen LogP contribution in [-0.4, -0.2) is 68.8 Å². The Kier molecular flexibility index (Phi) is 6.74. The molecule has 1 aliphatic rings. The molecule has 3 aromatic rings. The summed E-state index contributed by atoms with van der Waals surface area (Å²) in [5, 5.41) is 11.7. The van der Waals surface area contributed by atoms with Crippen LogP contribution in [0.3, 0.4) is 0 Å². The number of amides is 1. The molecular weight excluding hydrogens is 462 g/mol. The summed E-state index contributed by atoms with van der Waals surface area (Å²) in [6.45, 7) is 4.91. The van der Waals surface area contributed by atoms with Gasteiger partial charge in [0.2, 0.25) is 5.43 Å². The minimum atomic E-state index is -1.46. The molecular formula is C23H24F2N6O4. The molecule has 1 atom stereocenters. The molecule has 1 saturated heterocycles. The van der Waals surface area contributed by atoms with Crippen LogP contribution in [-0.2, 0) is 6.54 Å². The third-order valence-electron chi connectivity index (χ3n) is 6.12. The van der Waals surface area contributed by atoms with E-state index in [1.54, 1.807) is 11.8 Å². The fourth-order valence-electron chi connectivity index (χ4n) is 4.28. The van der Waals surface area contributed by atoms with Gasteiger partial charge in [0, 0.05) is 50.8 Å². The predicted molar refractivity (Wildman–Crippen MR) is 124 cm³/mol. The van der Waals surface area contributed by atoms with Gasteiger partial charge in [-0.1, -0.05) is 0 Å². The summed E-state index contributed by atoms with van der Waals surface area (Å²) < 4.78 is 32.1. The maximum Gasteiger partial charge on any atom is 0.341 e. The highest BCUT2D eigenvalue weighted by atomic mass is 19.1. The fraction of sp³-hybridized carbons (Fsp3) is 0.348. The zero-order chi connectivity index (χ0) is 25.3. The van der Waals surface area contributed by atoms with Crippen LogP contribution < -0.4 is 15.6 Å². The summed E-state index contributed by atoms with van der Waals surface area (Å²) in [5.41, 5.74) is -1.69. The number of nitrogens with one attached hydrogen (secondary N) is 1. The number of hydrogen-bond donors (Lipinski definition) is 2. The van der Waals surface area contributed by atoms with Gasteiger partial charge in [0.05, 0.1) is 23.8 Å². The SMILES string of the molecule is CCn1cc(C(=O)O)c(=O)c2cc(F)c(N3CCN(CNC(=O)c4cnccn4)C(C)C3)c(F)c21. The van der Waals surface area contributed by atoms with Crippen molar-refractivity contribution in [2.45, 2.75) is 26.4 Å². The lowest BCUT2D eigenvalue weighted by Gasteiger charge is -2.41. The number of hydrogen-bond acceptors (Lipinski definition) is 7. The first kappa shape index (κ1) is 24.2. The van der Waals surface area contributed by atoms with Crippen molar-refractivity contribution in [2.75, 3.05) is 31.2 Å². The van der Waals surface area contributed by atoms with Gasteiger partial charge < -0.3 is 19.9 Å². The number of aryl methyl sites for hydroxylation is 1. The van der Waals surface area contributed by atoms with Crippen molar-refractivity contribution >= 4 is 28.5 Å². The van der Waals surface area contributed by atoms with E-state index in [9.17, 15) is 19.5 Å². The number of pyridine rings is 1. The number of carboxylic acids is 1. The molecule has 1 amide bonds. The van der Waals surface area contributed by atoms with E-state index < -0.39 is 28.6 Å². The second-order valence-electron chi connectivity index (χ2n) is 8.24. The molecule has 0 spiro atoms. The Bertz CT molecular complexity index is 1350. The van der Waals surface area contributed by atoms with Gasteiger partial charge in [0.15, 0.2) is 5.82 Å². The van der Waals surface area contributed by atoms with Gasteiger partial charge in [-0.3, -0.25) is 19.5 Å². The quantitative estimate of drug-likeness (QED) is 0.540. The number of nitrogens with zero attached hydrogens (tertiary/aromatic N) is 5. The Morgan fingerprint density at radius 3 is 2.66 bits per heavy atom. The van der Waals surface area contributed by atoms with Crippen LogP contribution in [0.25, 0.3) is 10.9 Å². The molecule has 1 aromatic carbocycles. The van der Waals surface area contributed by atoms with E-state index in [0.29, 0.717) is 6.54 Å². The fourth-order valence-corrected chi connectivity index (χ4v) is 4.28. The summed E-state index contributed by atoms with van der Waals surface area (Å²) in [4.78, 5) is 47.5. The molecule has 2 aromatic heterocycles. The monoisotopic (exact) mass is 486 g/mol. The maximum atomic E-state index is 15.7. The molecule has 2 N–H and O–H groups in total. The average Bonchev–Trinajstić information content (AvgIpc) is 2.84. The lowest BCUT2D eigenvalue weighted by Crippen LogP contribution is -2.55. The largest absolute Gasteiger partial charge is 0.477 e. The van der Waals surface area contributed by atoms with E-state index in [-0.39, 0.29) is 60.5 Å². The predicted octanol–water partition coefficient (Wildman–Crippen LogP) is 1.69. The second-order valence-corrected chi connectivity index (χ2v) is 8.24. The van der Waals surface area contributed by atoms with Gasteiger partial charge in [-0.15, -0.1) is 0 Å². The van der Waals surface area contributed by atoms with E-state index in [1.165, 1.54) is 23.2 Å². The number of carboxylic acid groups (broad SMARTS) is 1. The van der Waals surface area contributed by atoms with Crippen LogP contribution in [0, 0.1) is 11.6 Å². The van der Waals surface area contributed by atoms with E-state index in [2.05, 4.69) is 15.3 Å². The van der Waals surface area contributed by atoms with Crippen LogP contribution in [0.4, 0.5) is 14.5 Å². The number of carbonyl (C=O) groups is 2. The molecule has 0 aliphatic carbocycles. The van der Waals surface area contributed by atoms with Gasteiger partial charge in [0.1, 0.15) is 22.8 Å². The van der Waals surface area contributed by atoms with Crippen molar-refractivity contribution in [3.8, 4) is 0 Å². The number of fused-ring (bicyclic) bond motifs is 1. The number of piperazine rings is 1. The molecule has 35 heavy (non-hydrogen) atoms. The van der Waals surface area contributed by atoms with E-state index in [1.807, 2.05) is 11.8 Å². The molecule has 10 nitrogen and oxygen atoms in total. The van der Waals surface area contributed by atoms with Crippen LogP contribution >= 0.6 is 0 Å². The van der Waals surface area contributed by atoms with Crippen LogP contribution in [0.5, 0.6) is 0 Å². The normalized spacial score (nSPS) is 16.5. The van der Waals surface area contributed by atoms with Gasteiger partial charge in [-0.25, -0.2) is 18.6 Å². The summed E-state index contributed by atoms with van der Waals surface area (Å²) >= 11 is 0. The number of anilines is 1. The molecule has 1 aliphatic heterocycles. The average molecular weight is 486 g/mol. The molecule has 12 heteroatoms. The van der Waals surface area contributed by atoms with Gasteiger partial charge in [-0.05, 0) is 19.9 Å². The van der Waals surface area contributed by atoms with E-state index in [4.69, 9.17) is 0 Å². The molecule has 4 rings (SSSR count).